The van der Waals surface area contributed by atoms with E-state index in [4.69, 9.17) is 16.6 Å². The zero-order valence-corrected chi connectivity index (χ0v) is 15.7. The van der Waals surface area contributed by atoms with Crippen LogP contribution in [0, 0.1) is 0 Å². The van der Waals surface area contributed by atoms with Crippen LogP contribution in [-0.2, 0) is 6.54 Å². The number of nitrogens with one attached hydrogen (secondary N) is 1. The summed E-state index contributed by atoms with van der Waals surface area (Å²) in [6.07, 6.45) is 7.38. The second kappa shape index (κ2) is 8.58. The lowest BCUT2D eigenvalue weighted by molar-refractivity contribution is 0.335. The van der Waals surface area contributed by atoms with Crippen LogP contribution in [0.4, 0.5) is 0 Å². The van der Waals surface area contributed by atoms with Crippen molar-refractivity contribution in [3.63, 3.8) is 0 Å². The summed E-state index contributed by atoms with van der Waals surface area (Å²) in [5, 5.41) is 14.7. The van der Waals surface area contributed by atoms with Gasteiger partial charge in [-0.15, -0.1) is 21.5 Å². The highest BCUT2D eigenvalue weighted by Gasteiger charge is 2.19. The van der Waals surface area contributed by atoms with E-state index in [0.29, 0.717) is 24.4 Å². The fourth-order valence-corrected chi connectivity index (χ4v) is 3.98. The number of nitrogens with zero attached hydrogens (tertiary/aromatic N) is 3. The molecule has 2 aromatic heterocycles. The van der Waals surface area contributed by atoms with Gasteiger partial charge < -0.3 is 14.6 Å². The van der Waals surface area contributed by atoms with Crippen molar-refractivity contribution < 1.29 is 4.42 Å². The van der Waals surface area contributed by atoms with Crippen LogP contribution in [0.2, 0.25) is 0 Å². The average molecular weight is 365 g/mol. The summed E-state index contributed by atoms with van der Waals surface area (Å²) in [4.78, 5) is 3.13. The molecule has 1 saturated carbocycles. The summed E-state index contributed by atoms with van der Waals surface area (Å²) in [7, 11) is 0. The second-order valence-electron chi connectivity index (χ2n) is 6.18. The molecule has 0 spiro atoms. The van der Waals surface area contributed by atoms with Crippen molar-refractivity contribution in [2.45, 2.75) is 58.0 Å². The number of thiophene rings is 1. The SMILES string of the molecule is CCCN(Cc1nnc(-c2cccs2)o1)C(=S)NC1CCCCC1. The molecule has 0 saturated heterocycles. The molecule has 0 aliphatic heterocycles. The van der Waals surface area contributed by atoms with Crippen molar-refractivity contribution in [2.24, 2.45) is 0 Å². The third-order valence-electron chi connectivity index (χ3n) is 4.24. The van der Waals surface area contributed by atoms with Gasteiger partial charge in [-0.1, -0.05) is 32.3 Å². The Hall–Kier alpha value is -1.47. The van der Waals surface area contributed by atoms with Crippen LogP contribution in [0.3, 0.4) is 0 Å². The summed E-state index contributed by atoms with van der Waals surface area (Å²) < 4.78 is 5.80. The molecule has 1 aliphatic rings. The first-order chi connectivity index (χ1) is 11.8. The van der Waals surface area contributed by atoms with Gasteiger partial charge in [0.1, 0.15) is 0 Å². The van der Waals surface area contributed by atoms with Gasteiger partial charge in [-0.05, 0) is 42.9 Å². The Bertz CT molecular complexity index is 635. The Morgan fingerprint density at radius 3 is 2.92 bits per heavy atom. The van der Waals surface area contributed by atoms with Gasteiger partial charge in [0.05, 0.1) is 11.4 Å². The summed E-state index contributed by atoms with van der Waals surface area (Å²) in [6.45, 7) is 3.60. The van der Waals surface area contributed by atoms with E-state index in [1.54, 1.807) is 11.3 Å². The average Bonchev–Trinajstić information content (AvgIpc) is 3.26. The summed E-state index contributed by atoms with van der Waals surface area (Å²) in [5.74, 6) is 1.20. The Labute approximate surface area is 152 Å². The molecule has 0 aromatic carbocycles. The second-order valence-corrected chi connectivity index (χ2v) is 7.52. The van der Waals surface area contributed by atoms with Crippen molar-refractivity contribution in [1.29, 1.82) is 0 Å². The van der Waals surface area contributed by atoms with Crippen LogP contribution >= 0.6 is 23.6 Å². The van der Waals surface area contributed by atoms with Gasteiger partial charge >= 0.3 is 0 Å². The number of rotatable bonds is 6. The molecule has 1 fully saturated rings. The van der Waals surface area contributed by atoms with Crippen molar-refractivity contribution in [3.05, 3.63) is 23.4 Å². The topological polar surface area (TPSA) is 54.2 Å². The first kappa shape index (κ1) is 17.4. The normalized spacial score (nSPS) is 15.4. The van der Waals surface area contributed by atoms with Crippen LogP contribution in [-0.4, -0.2) is 32.8 Å². The highest BCUT2D eigenvalue weighted by molar-refractivity contribution is 7.80. The van der Waals surface area contributed by atoms with Gasteiger partial charge in [-0.25, -0.2) is 0 Å². The van der Waals surface area contributed by atoms with Gasteiger partial charge in [0.15, 0.2) is 5.11 Å². The zero-order valence-electron chi connectivity index (χ0n) is 14.0. The van der Waals surface area contributed by atoms with Crippen LogP contribution in [0.15, 0.2) is 21.9 Å². The monoisotopic (exact) mass is 364 g/mol. The van der Waals surface area contributed by atoms with E-state index < -0.39 is 0 Å². The zero-order chi connectivity index (χ0) is 16.8. The van der Waals surface area contributed by atoms with Crippen molar-refractivity contribution >= 4 is 28.7 Å². The van der Waals surface area contributed by atoms with Gasteiger partial charge in [-0.2, -0.15) is 0 Å². The van der Waals surface area contributed by atoms with E-state index in [0.717, 1.165) is 23.0 Å². The molecule has 130 valence electrons. The fourth-order valence-electron chi connectivity index (χ4n) is 3.02. The van der Waals surface area contributed by atoms with Crippen molar-refractivity contribution in [3.8, 4) is 10.8 Å². The van der Waals surface area contributed by atoms with Gasteiger partial charge in [0.2, 0.25) is 5.89 Å². The molecule has 1 N–H and O–H groups in total. The van der Waals surface area contributed by atoms with E-state index in [1.807, 2.05) is 17.5 Å². The van der Waals surface area contributed by atoms with Gasteiger partial charge in [-0.3, -0.25) is 0 Å². The maximum atomic E-state index is 5.80. The third kappa shape index (κ3) is 4.54. The van der Waals surface area contributed by atoms with E-state index >= 15 is 0 Å². The largest absolute Gasteiger partial charge is 0.418 e. The minimum atomic E-state index is 0.509. The third-order valence-corrected chi connectivity index (χ3v) is 5.47. The van der Waals surface area contributed by atoms with Gasteiger partial charge in [0.25, 0.3) is 5.89 Å². The molecule has 2 heterocycles. The number of aromatic nitrogens is 2. The van der Waals surface area contributed by atoms with Crippen LogP contribution in [0.5, 0.6) is 0 Å². The maximum absolute atomic E-state index is 5.80. The maximum Gasteiger partial charge on any atom is 0.257 e. The molecule has 0 radical (unpaired) electrons. The van der Waals surface area contributed by atoms with Crippen LogP contribution in [0.1, 0.15) is 51.3 Å². The molecule has 1 aliphatic carbocycles. The molecule has 5 nitrogen and oxygen atoms in total. The number of hydrogen-bond donors (Lipinski definition) is 1. The molecule has 0 bridgehead atoms. The highest BCUT2D eigenvalue weighted by atomic mass is 32.1. The molecule has 7 heteroatoms. The van der Waals surface area contributed by atoms with Crippen molar-refractivity contribution in [1.82, 2.24) is 20.4 Å². The lowest BCUT2D eigenvalue weighted by Gasteiger charge is -2.29. The first-order valence-corrected chi connectivity index (χ1v) is 9.96. The molecular weight excluding hydrogens is 340 g/mol. The number of hydrogen-bond acceptors (Lipinski definition) is 5. The predicted molar refractivity (Wildman–Crippen MR) is 101 cm³/mol. The lowest BCUT2D eigenvalue weighted by atomic mass is 9.96. The molecule has 0 amide bonds. The Kier molecular flexibility index (Phi) is 6.20. The van der Waals surface area contributed by atoms with Crippen molar-refractivity contribution in [2.75, 3.05) is 6.54 Å². The highest BCUT2D eigenvalue weighted by Crippen LogP contribution is 2.23. The summed E-state index contributed by atoms with van der Waals surface area (Å²) in [5.41, 5.74) is 0. The minimum Gasteiger partial charge on any atom is -0.418 e. The van der Waals surface area contributed by atoms with E-state index in [2.05, 4.69) is 27.3 Å². The fraction of sp³-hybridized carbons (Fsp3) is 0.588. The molecule has 2 aromatic rings. The molecule has 3 rings (SSSR count). The van der Waals surface area contributed by atoms with Crippen LogP contribution in [0.25, 0.3) is 10.8 Å². The molecule has 0 atom stereocenters. The molecule has 0 unspecified atom stereocenters. The quantitative estimate of drug-likeness (QED) is 0.775. The van der Waals surface area contributed by atoms with Crippen LogP contribution < -0.4 is 5.32 Å². The van der Waals surface area contributed by atoms with E-state index in [-0.39, 0.29) is 0 Å². The standard InChI is InChI=1S/C17H24N4OS2/c1-2-10-21(17(23)18-13-7-4-3-5-8-13)12-15-19-20-16(22-15)14-9-6-11-24-14/h6,9,11,13H,2-5,7-8,10,12H2,1H3,(H,18,23). The smallest absolute Gasteiger partial charge is 0.257 e. The predicted octanol–water partition coefficient (Wildman–Crippen LogP) is 4.22. The Balaban J connectivity index is 1.61. The van der Waals surface area contributed by atoms with Gasteiger partial charge in [0, 0.05) is 12.6 Å². The Morgan fingerprint density at radius 2 is 2.21 bits per heavy atom. The summed E-state index contributed by atoms with van der Waals surface area (Å²) in [6, 6.07) is 4.48. The lowest BCUT2D eigenvalue weighted by Crippen LogP contribution is -2.45. The molecule has 24 heavy (non-hydrogen) atoms. The minimum absolute atomic E-state index is 0.509. The van der Waals surface area contributed by atoms with E-state index in [9.17, 15) is 0 Å². The first-order valence-electron chi connectivity index (χ1n) is 8.68. The Morgan fingerprint density at radius 1 is 1.38 bits per heavy atom. The molecular formula is C17H24N4OS2. The van der Waals surface area contributed by atoms with E-state index in [1.165, 1.54) is 32.1 Å². The summed E-state index contributed by atoms with van der Waals surface area (Å²) >= 11 is 7.23. The number of thiocarbonyl (C=S) groups is 1.